The summed E-state index contributed by atoms with van der Waals surface area (Å²) in [5, 5.41) is 2.79. The van der Waals surface area contributed by atoms with E-state index in [2.05, 4.69) is 5.32 Å². The highest BCUT2D eigenvalue weighted by Crippen LogP contribution is 2.22. The zero-order chi connectivity index (χ0) is 14.9. The van der Waals surface area contributed by atoms with Gasteiger partial charge in [-0.15, -0.1) is 0 Å². The zero-order valence-corrected chi connectivity index (χ0v) is 13.3. The van der Waals surface area contributed by atoms with Crippen LogP contribution < -0.4 is 11.1 Å². The average Bonchev–Trinajstić information content (AvgIpc) is 2.28. The summed E-state index contributed by atoms with van der Waals surface area (Å²) in [5.41, 5.74) is 5.56. The van der Waals surface area contributed by atoms with Crippen molar-refractivity contribution in [2.24, 2.45) is 11.1 Å². The van der Waals surface area contributed by atoms with Crippen molar-refractivity contribution in [3.63, 3.8) is 0 Å². The molecule has 19 heavy (non-hydrogen) atoms. The van der Waals surface area contributed by atoms with Gasteiger partial charge in [-0.05, 0) is 26.4 Å². The molecule has 0 unspecified atom stereocenters. The van der Waals surface area contributed by atoms with Crippen LogP contribution in [-0.4, -0.2) is 56.2 Å². The van der Waals surface area contributed by atoms with Crippen molar-refractivity contribution in [1.29, 1.82) is 0 Å². The molecule has 0 saturated carbocycles. The molecule has 0 aromatic carbocycles. The topological polar surface area (TPSA) is 67.6 Å². The molecule has 0 rings (SSSR count). The van der Waals surface area contributed by atoms with Crippen LogP contribution in [0.1, 0.15) is 26.7 Å². The number of nitrogens with one attached hydrogen (secondary N) is 1. The van der Waals surface area contributed by atoms with Gasteiger partial charge < -0.3 is 15.8 Å². The Labute approximate surface area is 121 Å². The summed E-state index contributed by atoms with van der Waals surface area (Å²) in [7, 11) is 3.55. The van der Waals surface area contributed by atoms with Crippen LogP contribution in [0.5, 0.6) is 0 Å². The Morgan fingerprint density at radius 3 is 2.63 bits per heavy atom. The van der Waals surface area contributed by atoms with Gasteiger partial charge in [-0.3, -0.25) is 9.69 Å². The second-order valence-electron chi connectivity index (χ2n) is 5.43. The summed E-state index contributed by atoms with van der Waals surface area (Å²) < 4.78 is 4.87. The quantitative estimate of drug-likeness (QED) is 0.459. The van der Waals surface area contributed by atoms with Crippen LogP contribution in [0.3, 0.4) is 0 Å². The van der Waals surface area contributed by atoms with E-state index in [0.717, 1.165) is 19.4 Å². The fraction of sp³-hybridized carbons (Fsp3) is 0.846. The summed E-state index contributed by atoms with van der Waals surface area (Å²) in [6.07, 6.45) is 1.89. The van der Waals surface area contributed by atoms with Crippen molar-refractivity contribution >= 4 is 23.1 Å². The first kappa shape index (κ1) is 18.3. The van der Waals surface area contributed by atoms with Crippen molar-refractivity contribution in [3.05, 3.63) is 0 Å². The minimum absolute atomic E-state index is 0.0214. The van der Waals surface area contributed by atoms with E-state index in [1.807, 2.05) is 25.8 Å². The van der Waals surface area contributed by atoms with Crippen molar-refractivity contribution in [1.82, 2.24) is 10.2 Å². The smallest absolute Gasteiger partial charge is 0.234 e. The van der Waals surface area contributed by atoms with Gasteiger partial charge in [0.25, 0.3) is 0 Å². The molecule has 5 nitrogen and oxygen atoms in total. The first-order chi connectivity index (χ1) is 8.79. The number of likely N-dealkylation sites (N-methyl/N-ethyl adjacent to an activating group) is 1. The molecule has 0 saturated heterocycles. The van der Waals surface area contributed by atoms with E-state index in [4.69, 9.17) is 22.7 Å². The third-order valence-electron chi connectivity index (χ3n) is 3.05. The van der Waals surface area contributed by atoms with Gasteiger partial charge in [-0.2, -0.15) is 0 Å². The zero-order valence-electron chi connectivity index (χ0n) is 12.5. The van der Waals surface area contributed by atoms with Gasteiger partial charge in [0.1, 0.15) is 0 Å². The van der Waals surface area contributed by atoms with Crippen molar-refractivity contribution in [2.75, 3.05) is 40.4 Å². The molecule has 0 aliphatic heterocycles. The lowest BCUT2D eigenvalue weighted by Crippen LogP contribution is -2.37. The molecule has 1 amide bonds. The summed E-state index contributed by atoms with van der Waals surface area (Å²) in [6.45, 7) is 6.44. The maximum Gasteiger partial charge on any atom is 0.234 e. The number of amides is 1. The maximum absolute atomic E-state index is 11.5. The van der Waals surface area contributed by atoms with Crippen LogP contribution in [0.25, 0.3) is 0 Å². The Hall–Kier alpha value is -0.720. The fourth-order valence-electron chi connectivity index (χ4n) is 1.59. The largest absolute Gasteiger partial charge is 0.393 e. The number of carbonyl (C=O) groups excluding carboxylic acids is 1. The van der Waals surface area contributed by atoms with E-state index in [1.54, 1.807) is 7.11 Å². The SMILES string of the molecule is COCCNC(=O)CN(C)CCCC(C)(C)C(N)=S. The molecule has 0 aliphatic rings. The highest BCUT2D eigenvalue weighted by molar-refractivity contribution is 7.80. The van der Waals surface area contributed by atoms with Gasteiger partial charge in [-0.25, -0.2) is 0 Å². The van der Waals surface area contributed by atoms with E-state index < -0.39 is 0 Å². The number of ether oxygens (including phenoxy) is 1. The summed E-state index contributed by atoms with van der Waals surface area (Å²) in [4.78, 5) is 14.1. The number of hydrogen-bond donors (Lipinski definition) is 2. The molecule has 0 spiro atoms. The molecule has 0 radical (unpaired) electrons. The van der Waals surface area contributed by atoms with E-state index >= 15 is 0 Å². The molecule has 0 aliphatic carbocycles. The van der Waals surface area contributed by atoms with Crippen LogP contribution >= 0.6 is 12.2 Å². The molecular formula is C13H27N3O2S. The molecule has 0 atom stereocenters. The minimum Gasteiger partial charge on any atom is -0.393 e. The lowest BCUT2D eigenvalue weighted by atomic mass is 9.88. The number of carbonyl (C=O) groups is 1. The third kappa shape index (κ3) is 8.91. The Balaban J connectivity index is 3.78. The normalized spacial score (nSPS) is 11.6. The lowest BCUT2D eigenvalue weighted by Gasteiger charge is -2.24. The molecule has 0 heterocycles. The average molecular weight is 289 g/mol. The predicted molar refractivity (Wildman–Crippen MR) is 82.2 cm³/mol. The van der Waals surface area contributed by atoms with E-state index in [9.17, 15) is 4.79 Å². The van der Waals surface area contributed by atoms with Gasteiger partial charge in [0, 0.05) is 19.1 Å². The highest BCUT2D eigenvalue weighted by atomic mass is 32.1. The summed E-state index contributed by atoms with van der Waals surface area (Å²) >= 11 is 5.03. The molecule has 0 fully saturated rings. The molecule has 0 bridgehead atoms. The third-order valence-corrected chi connectivity index (χ3v) is 3.60. The minimum atomic E-state index is -0.114. The Morgan fingerprint density at radius 2 is 2.11 bits per heavy atom. The van der Waals surface area contributed by atoms with E-state index in [0.29, 0.717) is 24.7 Å². The monoisotopic (exact) mass is 289 g/mol. The molecule has 6 heteroatoms. The first-order valence-electron chi connectivity index (χ1n) is 6.53. The summed E-state index contributed by atoms with van der Waals surface area (Å²) in [5.74, 6) is 0.0214. The second-order valence-corrected chi connectivity index (χ2v) is 5.87. The number of nitrogens with two attached hydrogens (primary N) is 1. The van der Waals surface area contributed by atoms with Crippen LogP contribution in [0, 0.1) is 5.41 Å². The van der Waals surface area contributed by atoms with Crippen LogP contribution in [0.4, 0.5) is 0 Å². The van der Waals surface area contributed by atoms with Crippen molar-refractivity contribution in [2.45, 2.75) is 26.7 Å². The number of methoxy groups -OCH3 is 1. The maximum atomic E-state index is 11.5. The second kappa shape index (κ2) is 9.23. The molecule has 0 aromatic rings. The Bertz CT molecular complexity index is 296. The molecular weight excluding hydrogens is 262 g/mol. The van der Waals surface area contributed by atoms with Gasteiger partial charge in [0.15, 0.2) is 0 Å². The van der Waals surface area contributed by atoms with Gasteiger partial charge in [0.05, 0.1) is 18.1 Å². The predicted octanol–water partition coefficient (Wildman–Crippen LogP) is 0.773. The highest BCUT2D eigenvalue weighted by Gasteiger charge is 2.20. The fourth-order valence-corrected chi connectivity index (χ4v) is 1.69. The first-order valence-corrected chi connectivity index (χ1v) is 6.94. The van der Waals surface area contributed by atoms with Crippen LogP contribution in [0.2, 0.25) is 0 Å². The van der Waals surface area contributed by atoms with Crippen molar-refractivity contribution < 1.29 is 9.53 Å². The molecule has 0 aromatic heterocycles. The van der Waals surface area contributed by atoms with E-state index in [-0.39, 0.29) is 11.3 Å². The molecule has 3 N–H and O–H groups in total. The standard InChI is InChI=1S/C13H27N3O2S/c1-13(2,12(14)19)6-5-8-16(3)10-11(17)15-7-9-18-4/h5-10H2,1-4H3,(H2,14,19)(H,15,17). The van der Waals surface area contributed by atoms with Gasteiger partial charge in [0.2, 0.25) is 5.91 Å². The Morgan fingerprint density at radius 1 is 1.47 bits per heavy atom. The van der Waals surface area contributed by atoms with E-state index in [1.165, 1.54) is 0 Å². The van der Waals surface area contributed by atoms with Gasteiger partial charge >= 0.3 is 0 Å². The van der Waals surface area contributed by atoms with Crippen molar-refractivity contribution in [3.8, 4) is 0 Å². The molecule has 112 valence electrons. The number of nitrogens with zero attached hydrogens (tertiary/aromatic N) is 1. The summed E-state index contributed by atoms with van der Waals surface area (Å²) in [6, 6.07) is 0. The number of rotatable bonds is 10. The van der Waals surface area contributed by atoms with Crippen LogP contribution in [0.15, 0.2) is 0 Å². The Kier molecular flexibility index (Phi) is 8.88. The number of thiocarbonyl (C=S) groups is 1. The van der Waals surface area contributed by atoms with Gasteiger partial charge in [-0.1, -0.05) is 26.1 Å². The van der Waals surface area contributed by atoms with Crippen LogP contribution in [-0.2, 0) is 9.53 Å². The lowest BCUT2D eigenvalue weighted by molar-refractivity contribution is -0.122. The number of hydrogen-bond acceptors (Lipinski definition) is 4.